The molecule has 5 rings (SSSR count). The van der Waals surface area contributed by atoms with Crippen molar-refractivity contribution in [2.75, 3.05) is 0 Å². The van der Waals surface area contributed by atoms with Gasteiger partial charge in [0.05, 0.1) is 0 Å². The molecule has 2 heteroatoms. The first-order valence-electron chi connectivity index (χ1n) is 11.5. The molecule has 0 amide bonds. The van der Waals surface area contributed by atoms with Crippen molar-refractivity contribution in [3.8, 4) is 33.4 Å². The summed E-state index contributed by atoms with van der Waals surface area (Å²) < 4.78 is 0. The van der Waals surface area contributed by atoms with E-state index in [0.29, 0.717) is 5.92 Å². The van der Waals surface area contributed by atoms with Gasteiger partial charge < -0.3 is 0 Å². The maximum atomic E-state index is 4.34. The number of pyridine rings is 2. The SMILES string of the molecule is CC1=C(c2cc(-c3cc(-c4cccnc4)cc(-c4cccnc4)c3)ccc2C)CC(C)C=C1. The van der Waals surface area contributed by atoms with Crippen molar-refractivity contribution < 1.29 is 0 Å². The molecule has 0 saturated carbocycles. The molecule has 0 bridgehead atoms. The van der Waals surface area contributed by atoms with Crippen molar-refractivity contribution in [3.05, 3.63) is 114 Å². The summed E-state index contributed by atoms with van der Waals surface area (Å²) >= 11 is 0. The molecule has 0 N–H and O–H groups in total. The number of aryl methyl sites for hydroxylation is 1. The molecular weight excluding hydrogens is 400 g/mol. The lowest BCUT2D eigenvalue weighted by molar-refractivity contribution is 0.743. The van der Waals surface area contributed by atoms with Crippen LogP contribution in [0.25, 0.3) is 39.0 Å². The van der Waals surface area contributed by atoms with E-state index in [4.69, 9.17) is 0 Å². The van der Waals surface area contributed by atoms with Crippen LogP contribution in [0.2, 0.25) is 0 Å². The zero-order valence-electron chi connectivity index (χ0n) is 19.4. The summed E-state index contributed by atoms with van der Waals surface area (Å²) in [4.78, 5) is 8.69. The average molecular weight is 429 g/mol. The largest absolute Gasteiger partial charge is 0.264 e. The maximum Gasteiger partial charge on any atom is 0.0346 e. The molecule has 1 aliphatic carbocycles. The third-order valence-corrected chi connectivity index (χ3v) is 6.50. The van der Waals surface area contributed by atoms with Gasteiger partial charge in [-0.15, -0.1) is 0 Å². The van der Waals surface area contributed by atoms with E-state index in [1.165, 1.54) is 33.4 Å². The number of hydrogen-bond acceptors (Lipinski definition) is 2. The molecular formula is C31H28N2. The van der Waals surface area contributed by atoms with E-state index in [0.717, 1.165) is 28.7 Å². The second-order valence-electron chi connectivity index (χ2n) is 9.01. The van der Waals surface area contributed by atoms with E-state index < -0.39 is 0 Å². The summed E-state index contributed by atoms with van der Waals surface area (Å²) in [5, 5.41) is 0. The van der Waals surface area contributed by atoms with E-state index >= 15 is 0 Å². The summed E-state index contributed by atoms with van der Waals surface area (Å²) in [6.07, 6.45) is 13.2. The Hall–Kier alpha value is -3.78. The highest BCUT2D eigenvalue weighted by molar-refractivity contribution is 5.83. The first-order valence-corrected chi connectivity index (χ1v) is 11.5. The summed E-state index contributed by atoms with van der Waals surface area (Å²) in [6, 6.07) is 21.9. The topological polar surface area (TPSA) is 25.8 Å². The first-order chi connectivity index (χ1) is 16.1. The van der Waals surface area contributed by atoms with Crippen LogP contribution in [0.3, 0.4) is 0 Å². The third kappa shape index (κ3) is 4.42. The Balaban J connectivity index is 1.67. The van der Waals surface area contributed by atoms with Gasteiger partial charge in [0.25, 0.3) is 0 Å². The Morgan fingerprint density at radius 2 is 1.30 bits per heavy atom. The molecule has 1 atom stereocenters. The molecule has 162 valence electrons. The van der Waals surface area contributed by atoms with Crippen LogP contribution in [-0.4, -0.2) is 9.97 Å². The molecule has 1 aliphatic rings. The molecule has 2 heterocycles. The summed E-state index contributed by atoms with van der Waals surface area (Å²) in [5.41, 5.74) is 12.5. The number of allylic oxidation sites excluding steroid dienone is 4. The van der Waals surface area contributed by atoms with Gasteiger partial charge in [0.1, 0.15) is 0 Å². The normalized spacial score (nSPS) is 15.7. The highest BCUT2D eigenvalue weighted by Crippen LogP contribution is 2.37. The molecule has 2 aromatic carbocycles. The van der Waals surface area contributed by atoms with Crippen LogP contribution in [0.15, 0.2) is 103 Å². The van der Waals surface area contributed by atoms with Gasteiger partial charge in [-0.3, -0.25) is 9.97 Å². The van der Waals surface area contributed by atoms with Gasteiger partial charge in [-0.25, -0.2) is 0 Å². The number of benzene rings is 2. The number of rotatable bonds is 4. The molecule has 33 heavy (non-hydrogen) atoms. The van der Waals surface area contributed by atoms with E-state index in [1.54, 1.807) is 0 Å². The molecule has 0 spiro atoms. The third-order valence-electron chi connectivity index (χ3n) is 6.50. The number of aromatic nitrogens is 2. The fraction of sp³-hybridized carbons (Fsp3) is 0.161. The second-order valence-corrected chi connectivity index (χ2v) is 9.01. The van der Waals surface area contributed by atoms with Crippen LogP contribution in [0.1, 0.15) is 31.4 Å². The van der Waals surface area contributed by atoms with Crippen LogP contribution in [-0.2, 0) is 0 Å². The van der Waals surface area contributed by atoms with Gasteiger partial charge in [0.15, 0.2) is 0 Å². The predicted molar refractivity (Wildman–Crippen MR) is 139 cm³/mol. The molecule has 0 radical (unpaired) electrons. The first kappa shape index (κ1) is 21.1. The zero-order valence-corrected chi connectivity index (χ0v) is 19.4. The summed E-state index contributed by atoms with van der Waals surface area (Å²) in [5.74, 6) is 0.567. The van der Waals surface area contributed by atoms with Crippen molar-refractivity contribution in [3.63, 3.8) is 0 Å². The van der Waals surface area contributed by atoms with Crippen LogP contribution in [0.5, 0.6) is 0 Å². The molecule has 1 unspecified atom stereocenters. The number of hydrogen-bond donors (Lipinski definition) is 0. The zero-order chi connectivity index (χ0) is 22.8. The standard InChI is InChI=1S/C31H28N2/c1-21-8-9-22(2)30(14-21)31-18-24(11-10-23(31)3)27-15-28(25-6-4-12-32-19-25)17-29(16-27)26-7-5-13-33-20-26/h4-13,15-21H,14H2,1-3H3. The van der Waals surface area contributed by atoms with E-state index in [9.17, 15) is 0 Å². The lowest BCUT2D eigenvalue weighted by Crippen LogP contribution is -2.02. The van der Waals surface area contributed by atoms with Gasteiger partial charge in [0.2, 0.25) is 0 Å². The summed E-state index contributed by atoms with van der Waals surface area (Å²) in [6.45, 7) is 6.74. The minimum Gasteiger partial charge on any atom is -0.264 e. The Morgan fingerprint density at radius 1 is 0.697 bits per heavy atom. The van der Waals surface area contributed by atoms with Gasteiger partial charge in [-0.1, -0.05) is 43.3 Å². The highest BCUT2D eigenvalue weighted by atomic mass is 14.6. The van der Waals surface area contributed by atoms with E-state index in [2.05, 4.69) is 91.4 Å². The molecule has 0 aliphatic heterocycles. The second kappa shape index (κ2) is 8.99. The van der Waals surface area contributed by atoms with Gasteiger partial charge in [0, 0.05) is 35.9 Å². The van der Waals surface area contributed by atoms with Crippen LogP contribution in [0, 0.1) is 12.8 Å². The average Bonchev–Trinajstić information content (AvgIpc) is 2.87. The summed E-state index contributed by atoms with van der Waals surface area (Å²) in [7, 11) is 0. The Morgan fingerprint density at radius 3 is 1.88 bits per heavy atom. The van der Waals surface area contributed by atoms with Crippen LogP contribution >= 0.6 is 0 Å². The van der Waals surface area contributed by atoms with E-state index in [1.807, 2.05) is 36.9 Å². The van der Waals surface area contributed by atoms with Crippen LogP contribution in [0.4, 0.5) is 0 Å². The fourth-order valence-electron chi connectivity index (χ4n) is 4.60. The Bertz CT molecular complexity index is 1290. The van der Waals surface area contributed by atoms with Crippen molar-refractivity contribution in [2.24, 2.45) is 5.92 Å². The van der Waals surface area contributed by atoms with Gasteiger partial charge in [-0.2, -0.15) is 0 Å². The quantitative estimate of drug-likeness (QED) is 0.328. The lowest BCUT2D eigenvalue weighted by Gasteiger charge is -2.21. The minimum atomic E-state index is 0.567. The van der Waals surface area contributed by atoms with Crippen molar-refractivity contribution in [1.82, 2.24) is 9.97 Å². The molecule has 2 nitrogen and oxygen atoms in total. The van der Waals surface area contributed by atoms with E-state index in [-0.39, 0.29) is 0 Å². The monoisotopic (exact) mass is 428 g/mol. The predicted octanol–water partition coefficient (Wildman–Crippen LogP) is 8.16. The van der Waals surface area contributed by atoms with Crippen molar-refractivity contribution in [2.45, 2.75) is 27.2 Å². The van der Waals surface area contributed by atoms with Crippen molar-refractivity contribution in [1.29, 1.82) is 0 Å². The lowest BCUT2D eigenvalue weighted by atomic mass is 9.84. The minimum absolute atomic E-state index is 0.567. The van der Waals surface area contributed by atoms with Crippen LogP contribution < -0.4 is 0 Å². The molecule has 0 fully saturated rings. The maximum absolute atomic E-state index is 4.34. The fourth-order valence-corrected chi connectivity index (χ4v) is 4.60. The Kier molecular flexibility index (Phi) is 5.75. The smallest absolute Gasteiger partial charge is 0.0346 e. The molecule has 4 aromatic rings. The van der Waals surface area contributed by atoms with Gasteiger partial charge >= 0.3 is 0 Å². The molecule has 2 aromatic heterocycles. The Labute approximate surface area is 196 Å². The number of nitrogens with zero attached hydrogens (tertiary/aromatic N) is 2. The molecule has 0 saturated heterocycles. The van der Waals surface area contributed by atoms with Crippen molar-refractivity contribution >= 4 is 5.57 Å². The van der Waals surface area contributed by atoms with Gasteiger partial charge in [-0.05, 0) is 107 Å². The highest BCUT2D eigenvalue weighted by Gasteiger charge is 2.16.